The molecule has 0 fully saturated rings. The van der Waals surface area contributed by atoms with Gasteiger partial charge in [0.25, 0.3) is 5.69 Å². The molecular weight excluding hydrogens is 294 g/mol. The van der Waals surface area contributed by atoms with Crippen molar-refractivity contribution < 1.29 is 14.8 Å². The van der Waals surface area contributed by atoms with Gasteiger partial charge in [0.2, 0.25) is 0 Å². The van der Waals surface area contributed by atoms with E-state index in [1.54, 1.807) is 18.6 Å². The fourth-order valence-corrected chi connectivity index (χ4v) is 2.71. The lowest BCUT2D eigenvalue weighted by molar-refractivity contribution is -0.385. The molecule has 1 aromatic carbocycles. The number of nitro benzene ring substituents is 1. The van der Waals surface area contributed by atoms with Crippen molar-refractivity contribution >= 4 is 28.7 Å². The zero-order chi connectivity index (χ0) is 15.6. The molecule has 1 N–H and O–H groups in total. The van der Waals surface area contributed by atoms with Crippen molar-refractivity contribution in [3.05, 3.63) is 50.0 Å². The van der Waals surface area contributed by atoms with Gasteiger partial charge >= 0.3 is 5.97 Å². The Morgan fingerprint density at radius 3 is 2.76 bits per heavy atom. The summed E-state index contributed by atoms with van der Waals surface area (Å²) in [6.45, 7) is 2.46. The zero-order valence-corrected chi connectivity index (χ0v) is 12.3. The minimum absolute atomic E-state index is 0.314. The van der Waals surface area contributed by atoms with Crippen LogP contribution in [0.25, 0.3) is 0 Å². The van der Waals surface area contributed by atoms with Crippen molar-refractivity contribution in [1.82, 2.24) is 4.98 Å². The topological polar surface area (TPSA) is 96.6 Å². The van der Waals surface area contributed by atoms with Crippen LogP contribution in [0.5, 0.6) is 0 Å². The molecule has 110 valence electrons. The Hall–Kier alpha value is -2.48. The maximum Gasteiger partial charge on any atom is 0.342 e. The molecule has 1 heterocycles. The second kappa shape index (κ2) is 5.88. The molecule has 0 saturated carbocycles. The van der Waals surface area contributed by atoms with Crippen LogP contribution in [0.1, 0.15) is 20.9 Å². The minimum atomic E-state index is -1.31. The Morgan fingerprint density at radius 1 is 1.52 bits per heavy atom. The van der Waals surface area contributed by atoms with Crippen LogP contribution < -0.4 is 4.90 Å². The highest BCUT2D eigenvalue weighted by Gasteiger charge is 2.21. The number of aromatic nitrogens is 1. The number of benzene rings is 1. The Morgan fingerprint density at radius 2 is 2.24 bits per heavy atom. The number of thiazole rings is 1. The lowest BCUT2D eigenvalue weighted by Crippen LogP contribution is -2.17. The van der Waals surface area contributed by atoms with Crippen molar-refractivity contribution in [2.24, 2.45) is 0 Å². The number of hydrogen-bond acceptors (Lipinski definition) is 6. The number of aromatic carboxylic acids is 1. The lowest BCUT2D eigenvalue weighted by Gasteiger charge is -2.19. The molecule has 0 bridgehead atoms. The van der Waals surface area contributed by atoms with E-state index in [1.807, 2.05) is 11.8 Å². The predicted octanol–water partition coefficient (Wildman–Crippen LogP) is 2.69. The smallest absolute Gasteiger partial charge is 0.342 e. The molecule has 0 unspecified atom stereocenters. The van der Waals surface area contributed by atoms with Gasteiger partial charge in [-0.05, 0) is 19.1 Å². The quantitative estimate of drug-likeness (QED) is 0.674. The maximum atomic E-state index is 11.1. The van der Waals surface area contributed by atoms with E-state index in [0.717, 1.165) is 10.6 Å². The summed E-state index contributed by atoms with van der Waals surface area (Å²) in [6, 6.07) is 4.08. The van der Waals surface area contributed by atoms with E-state index in [2.05, 4.69) is 4.98 Å². The number of rotatable bonds is 5. The van der Waals surface area contributed by atoms with E-state index in [0.29, 0.717) is 12.2 Å². The summed E-state index contributed by atoms with van der Waals surface area (Å²) in [4.78, 5) is 28.3. The first-order valence-corrected chi connectivity index (χ1v) is 6.90. The Kier molecular flexibility index (Phi) is 4.18. The molecule has 1 aromatic heterocycles. The van der Waals surface area contributed by atoms with Crippen LogP contribution in [0.3, 0.4) is 0 Å². The standard InChI is InChI=1S/C13H13N3O4S/c1-8-12(21-7-14-8)6-15(2)9-3-4-11(16(19)20)10(5-9)13(17)18/h3-5,7H,6H2,1-2H3,(H,17,18). The van der Waals surface area contributed by atoms with Crippen molar-refractivity contribution in [1.29, 1.82) is 0 Å². The van der Waals surface area contributed by atoms with E-state index < -0.39 is 16.6 Å². The van der Waals surface area contributed by atoms with E-state index in [-0.39, 0.29) is 5.56 Å². The summed E-state index contributed by atoms with van der Waals surface area (Å²) in [6.07, 6.45) is 0. The summed E-state index contributed by atoms with van der Waals surface area (Å²) < 4.78 is 0. The first-order valence-electron chi connectivity index (χ1n) is 6.02. The van der Waals surface area contributed by atoms with Gasteiger partial charge in [-0.15, -0.1) is 11.3 Å². The third kappa shape index (κ3) is 3.16. The van der Waals surface area contributed by atoms with Crippen molar-refractivity contribution in [2.45, 2.75) is 13.5 Å². The van der Waals surface area contributed by atoms with Crippen LogP contribution >= 0.6 is 11.3 Å². The highest BCUT2D eigenvalue weighted by molar-refractivity contribution is 7.09. The highest BCUT2D eigenvalue weighted by atomic mass is 32.1. The van der Waals surface area contributed by atoms with Crippen molar-refractivity contribution in [3.63, 3.8) is 0 Å². The molecule has 0 amide bonds. The van der Waals surface area contributed by atoms with Crippen LogP contribution in [0.2, 0.25) is 0 Å². The summed E-state index contributed by atoms with van der Waals surface area (Å²) in [7, 11) is 1.80. The first kappa shape index (κ1) is 14.9. The summed E-state index contributed by atoms with van der Waals surface area (Å²) in [5.74, 6) is -1.31. The molecule has 7 nitrogen and oxygen atoms in total. The molecule has 0 radical (unpaired) electrons. The van der Waals surface area contributed by atoms with Gasteiger partial charge in [0.15, 0.2) is 0 Å². The first-order chi connectivity index (χ1) is 9.90. The van der Waals surface area contributed by atoms with Gasteiger partial charge in [0.1, 0.15) is 5.56 Å². The zero-order valence-electron chi connectivity index (χ0n) is 11.4. The third-order valence-corrected chi connectivity index (χ3v) is 3.99. The van der Waals surface area contributed by atoms with Crippen molar-refractivity contribution in [3.8, 4) is 0 Å². The number of nitro groups is 1. The van der Waals surface area contributed by atoms with E-state index in [1.165, 1.54) is 23.5 Å². The van der Waals surface area contributed by atoms with E-state index >= 15 is 0 Å². The van der Waals surface area contributed by atoms with Crippen LogP contribution in [0.4, 0.5) is 11.4 Å². The average Bonchev–Trinajstić information content (AvgIpc) is 2.83. The largest absolute Gasteiger partial charge is 0.477 e. The van der Waals surface area contributed by atoms with Gasteiger partial charge in [-0.3, -0.25) is 10.1 Å². The molecule has 0 aliphatic rings. The number of carboxylic acids is 1. The molecule has 0 atom stereocenters. The number of aryl methyl sites for hydroxylation is 1. The summed E-state index contributed by atoms with van der Waals surface area (Å²) in [5.41, 5.74) is 2.55. The number of carbonyl (C=O) groups is 1. The van der Waals surface area contributed by atoms with Crippen LogP contribution in [0.15, 0.2) is 23.7 Å². The molecule has 0 spiro atoms. The maximum absolute atomic E-state index is 11.1. The molecule has 2 aromatic rings. The fraction of sp³-hybridized carbons (Fsp3) is 0.231. The molecule has 0 aliphatic carbocycles. The van der Waals surface area contributed by atoms with Crippen LogP contribution in [-0.2, 0) is 6.54 Å². The number of carboxylic acid groups (broad SMARTS) is 1. The molecular formula is C13H13N3O4S. The van der Waals surface area contributed by atoms with E-state index in [9.17, 15) is 14.9 Å². The normalized spacial score (nSPS) is 10.4. The predicted molar refractivity (Wildman–Crippen MR) is 79.0 cm³/mol. The SMILES string of the molecule is Cc1ncsc1CN(C)c1ccc([N+](=O)[O-])c(C(=O)O)c1. The Balaban J connectivity index is 2.32. The number of hydrogen-bond donors (Lipinski definition) is 1. The van der Waals surface area contributed by atoms with Gasteiger partial charge in [0, 0.05) is 23.7 Å². The van der Waals surface area contributed by atoms with Gasteiger partial charge in [-0.1, -0.05) is 0 Å². The number of anilines is 1. The molecule has 2 rings (SSSR count). The second-order valence-electron chi connectivity index (χ2n) is 4.48. The lowest BCUT2D eigenvalue weighted by atomic mass is 10.1. The van der Waals surface area contributed by atoms with Crippen molar-refractivity contribution in [2.75, 3.05) is 11.9 Å². The fourth-order valence-electron chi connectivity index (χ4n) is 1.88. The van der Waals surface area contributed by atoms with Gasteiger partial charge in [-0.25, -0.2) is 9.78 Å². The van der Waals surface area contributed by atoms with Gasteiger partial charge in [0.05, 0.1) is 22.7 Å². The average molecular weight is 307 g/mol. The monoisotopic (exact) mass is 307 g/mol. The molecule has 8 heteroatoms. The minimum Gasteiger partial charge on any atom is -0.477 e. The molecule has 0 aliphatic heterocycles. The van der Waals surface area contributed by atoms with Crippen LogP contribution in [0, 0.1) is 17.0 Å². The summed E-state index contributed by atoms with van der Waals surface area (Å²) in [5, 5.41) is 19.9. The molecule has 0 saturated heterocycles. The molecule has 21 heavy (non-hydrogen) atoms. The van der Waals surface area contributed by atoms with E-state index in [4.69, 9.17) is 5.11 Å². The third-order valence-electron chi connectivity index (χ3n) is 3.07. The van der Waals surface area contributed by atoms with Crippen LogP contribution in [-0.4, -0.2) is 28.0 Å². The Labute approximate surface area is 124 Å². The second-order valence-corrected chi connectivity index (χ2v) is 5.42. The summed E-state index contributed by atoms with van der Waals surface area (Å²) >= 11 is 1.51. The van der Waals surface area contributed by atoms with Gasteiger partial charge < -0.3 is 10.0 Å². The number of nitrogens with zero attached hydrogens (tertiary/aromatic N) is 3. The van der Waals surface area contributed by atoms with Gasteiger partial charge in [-0.2, -0.15) is 0 Å². The highest BCUT2D eigenvalue weighted by Crippen LogP contribution is 2.26. The Bertz CT molecular complexity index is 698.